The molecule has 0 aliphatic heterocycles. The number of nitrogens with zero attached hydrogens (tertiary/aromatic N) is 1. The van der Waals surface area contributed by atoms with Crippen molar-refractivity contribution in [1.82, 2.24) is 4.98 Å². The number of carbonyl (C=O) groups is 1. The van der Waals surface area contributed by atoms with Crippen LogP contribution in [0.15, 0.2) is 28.7 Å². The summed E-state index contributed by atoms with van der Waals surface area (Å²) in [5.74, 6) is -0.806. The maximum Gasteiger partial charge on any atom is 0.238 e. The highest BCUT2D eigenvalue weighted by Gasteiger charge is 2.22. The van der Waals surface area contributed by atoms with Crippen LogP contribution in [0.1, 0.15) is 12.5 Å². The van der Waals surface area contributed by atoms with Crippen molar-refractivity contribution >= 4 is 61.7 Å². The number of rotatable bonds is 5. The summed E-state index contributed by atoms with van der Waals surface area (Å²) in [5, 5.41) is -0.760. The van der Waals surface area contributed by atoms with Gasteiger partial charge in [-0.05, 0) is 18.6 Å². The smallest absolute Gasteiger partial charge is 0.238 e. The highest BCUT2D eigenvalue weighted by atomic mass is 79.9. The molecule has 0 amide bonds. The lowest BCUT2D eigenvalue weighted by Gasteiger charge is -2.15. The molecule has 2 aromatic rings. The monoisotopic (exact) mass is 452 g/mol. The zero-order valence-electron chi connectivity index (χ0n) is 12.4. The SMILES string of the molecule is C[C@@H](Oc1nc(F)c(Cl)c(N)c1Cl)C(=O)SCc1ccccc1Br. The lowest BCUT2D eigenvalue weighted by molar-refractivity contribution is -0.116. The van der Waals surface area contributed by atoms with Crippen molar-refractivity contribution in [3.63, 3.8) is 0 Å². The minimum absolute atomic E-state index is 0.128. The molecule has 0 bridgehead atoms. The van der Waals surface area contributed by atoms with Crippen molar-refractivity contribution in [2.24, 2.45) is 0 Å². The number of benzene rings is 1. The molecule has 0 saturated carbocycles. The van der Waals surface area contributed by atoms with Crippen molar-refractivity contribution in [2.45, 2.75) is 18.8 Å². The van der Waals surface area contributed by atoms with Gasteiger partial charge in [-0.3, -0.25) is 4.79 Å². The van der Waals surface area contributed by atoms with E-state index >= 15 is 0 Å². The topological polar surface area (TPSA) is 65.2 Å². The maximum atomic E-state index is 13.5. The molecule has 9 heteroatoms. The van der Waals surface area contributed by atoms with Gasteiger partial charge in [-0.1, -0.05) is 69.1 Å². The summed E-state index contributed by atoms with van der Waals surface area (Å²) < 4.78 is 19.8. The largest absolute Gasteiger partial charge is 0.464 e. The number of nitrogen functional groups attached to an aromatic ring is 1. The molecule has 1 atom stereocenters. The third-order valence-electron chi connectivity index (χ3n) is 2.99. The maximum absolute atomic E-state index is 13.5. The summed E-state index contributed by atoms with van der Waals surface area (Å²) in [4.78, 5) is 15.7. The number of halogens is 4. The Morgan fingerprint density at radius 3 is 2.75 bits per heavy atom. The van der Waals surface area contributed by atoms with Crippen LogP contribution >= 0.6 is 50.9 Å². The molecule has 2 N–H and O–H groups in total. The van der Waals surface area contributed by atoms with Crippen LogP contribution in [-0.2, 0) is 10.5 Å². The van der Waals surface area contributed by atoms with Crippen molar-refractivity contribution in [3.05, 3.63) is 50.3 Å². The molecule has 0 aliphatic rings. The van der Waals surface area contributed by atoms with Gasteiger partial charge in [0.15, 0.2) is 6.10 Å². The quantitative estimate of drug-likeness (QED) is 0.638. The normalized spacial score (nSPS) is 12.0. The Labute approximate surface area is 161 Å². The van der Waals surface area contributed by atoms with Crippen LogP contribution in [0.4, 0.5) is 10.1 Å². The minimum Gasteiger partial charge on any atom is -0.464 e. The van der Waals surface area contributed by atoms with E-state index in [1.54, 1.807) is 0 Å². The van der Waals surface area contributed by atoms with Crippen molar-refractivity contribution in [2.75, 3.05) is 5.73 Å². The Morgan fingerprint density at radius 1 is 1.42 bits per heavy atom. The molecule has 128 valence electrons. The van der Waals surface area contributed by atoms with Gasteiger partial charge in [-0.25, -0.2) is 0 Å². The lowest BCUT2D eigenvalue weighted by atomic mass is 10.2. The molecule has 1 heterocycles. The number of pyridine rings is 1. The molecule has 0 radical (unpaired) electrons. The van der Waals surface area contributed by atoms with E-state index in [2.05, 4.69) is 20.9 Å². The van der Waals surface area contributed by atoms with Gasteiger partial charge < -0.3 is 10.5 Å². The second kappa shape index (κ2) is 8.38. The van der Waals surface area contributed by atoms with Crippen LogP contribution in [0, 0.1) is 5.95 Å². The first-order valence-electron chi connectivity index (χ1n) is 6.68. The molecule has 0 aliphatic carbocycles. The van der Waals surface area contributed by atoms with E-state index in [-0.39, 0.29) is 26.7 Å². The summed E-state index contributed by atoms with van der Waals surface area (Å²) in [6.07, 6.45) is -0.887. The van der Waals surface area contributed by atoms with Gasteiger partial charge in [0.1, 0.15) is 10.0 Å². The molecule has 0 unspecified atom stereocenters. The lowest BCUT2D eigenvalue weighted by Crippen LogP contribution is -2.22. The second-order valence-electron chi connectivity index (χ2n) is 4.71. The van der Waals surface area contributed by atoms with Crippen LogP contribution in [0.25, 0.3) is 0 Å². The van der Waals surface area contributed by atoms with E-state index in [0.29, 0.717) is 5.75 Å². The van der Waals surface area contributed by atoms with Gasteiger partial charge in [-0.2, -0.15) is 9.37 Å². The van der Waals surface area contributed by atoms with E-state index in [0.717, 1.165) is 21.8 Å². The number of hydrogen-bond donors (Lipinski definition) is 1. The number of carbonyl (C=O) groups excluding carboxylic acids is 1. The predicted molar refractivity (Wildman–Crippen MR) is 99.2 cm³/mol. The Bertz CT molecular complexity index is 779. The highest BCUT2D eigenvalue weighted by Crippen LogP contribution is 2.36. The third-order valence-corrected chi connectivity index (χ3v) is 5.56. The minimum atomic E-state index is -1.01. The molecule has 0 fully saturated rings. The fourth-order valence-corrected chi connectivity index (χ4v) is 3.49. The van der Waals surface area contributed by atoms with Crippen LogP contribution < -0.4 is 10.5 Å². The molecule has 1 aromatic heterocycles. The van der Waals surface area contributed by atoms with Crippen molar-refractivity contribution in [3.8, 4) is 5.88 Å². The molecule has 0 spiro atoms. The highest BCUT2D eigenvalue weighted by molar-refractivity contribution is 9.10. The number of hydrogen-bond acceptors (Lipinski definition) is 5. The number of aromatic nitrogens is 1. The van der Waals surface area contributed by atoms with Gasteiger partial charge in [0.25, 0.3) is 0 Å². The predicted octanol–water partition coefficient (Wildman–Crippen LogP) is 5.10. The number of anilines is 1. The zero-order chi connectivity index (χ0) is 17.9. The molecule has 1 aromatic carbocycles. The molecule has 2 rings (SSSR count). The average molecular weight is 454 g/mol. The Kier molecular flexibility index (Phi) is 6.74. The standard InChI is InChI=1S/C15H12BrCl2FN2O2S/c1-7(15(22)24-6-8-4-2-3-5-9(8)16)23-14-11(18)12(20)10(17)13(19)21-14/h2-5,7H,6H2,1H3,(H2,20,21)/t7-/m1/s1. The molecular weight excluding hydrogens is 442 g/mol. The van der Waals surface area contributed by atoms with Gasteiger partial charge in [0.2, 0.25) is 16.9 Å². The number of nitrogens with two attached hydrogens (primary N) is 1. The Balaban J connectivity index is 2.03. The first-order chi connectivity index (χ1) is 11.3. The fourth-order valence-electron chi connectivity index (χ4n) is 1.69. The van der Waals surface area contributed by atoms with Gasteiger partial charge in [0.05, 0.1) is 5.69 Å². The van der Waals surface area contributed by atoms with Crippen LogP contribution in [-0.4, -0.2) is 16.2 Å². The van der Waals surface area contributed by atoms with Gasteiger partial charge in [0, 0.05) is 10.2 Å². The van der Waals surface area contributed by atoms with Crippen LogP contribution in [0.5, 0.6) is 5.88 Å². The van der Waals surface area contributed by atoms with E-state index in [1.807, 2.05) is 24.3 Å². The summed E-state index contributed by atoms with van der Waals surface area (Å²) >= 11 is 16.0. The van der Waals surface area contributed by atoms with Crippen molar-refractivity contribution < 1.29 is 13.9 Å². The molecular formula is C15H12BrCl2FN2O2S. The average Bonchev–Trinajstić information content (AvgIpc) is 2.56. The summed E-state index contributed by atoms with van der Waals surface area (Å²) in [6, 6.07) is 7.57. The molecule has 0 saturated heterocycles. The number of thioether (sulfide) groups is 1. The Morgan fingerprint density at radius 2 is 2.08 bits per heavy atom. The van der Waals surface area contributed by atoms with Crippen molar-refractivity contribution in [1.29, 1.82) is 0 Å². The first-order valence-corrected chi connectivity index (χ1v) is 9.21. The fraction of sp³-hybridized carbons (Fsp3) is 0.200. The molecule has 4 nitrogen and oxygen atoms in total. The van der Waals surface area contributed by atoms with E-state index < -0.39 is 12.1 Å². The van der Waals surface area contributed by atoms with Crippen LogP contribution in [0.2, 0.25) is 10.0 Å². The zero-order valence-corrected chi connectivity index (χ0v) is 16.3. The summed E-state index contributed by atoms with van der Waals surface area (Å²) in [5.41, 5.74) is 6.36. The summed E-state index contributed by atoms with van der Waals surface area (Å²) in [7, 11) is 0. The molecule has 24 heavy (non-hydrogen) atoms. The third kappa shape index (κ3) is 4.53. The first kappa shape index (κ1) is 19.3. The Hall–Kier alpha value is -1.02. The van der Waals surface area contributed by atoms with E-state index in [9.17, 15) is 9.18 Å². The summed E-state index contributed by atoms with van der Waals surface area (Å²) in [6.45, 7) is 1.52. The van der Waals surface area contributed by atoms with Gasteiger partial charge in [-0.15, -0.1) is 0 Å². The second-order valence-corrected chi connectivity index (χ2v) is 7.30. The van der Waals surface area contributed by atoms with Gasteiger partial charge >= 0.3 is 0 Å². The van der Waals surface area contributed by atoms with E-state index in [1.165, 1.54) is 6.92 Å². The van der Waals surface area contributed by atoms with E-state index in [4.69, 9.17) is 33.7 Å². The van der Waals surface area contributed by atoms with Crippen LogP contribution in [0.3, 0.4) is 0 Å². The number of ether oxygens (including phenoxy) is 1.